The number of alkyl halides is 1. The van der Waals surface area contributed by atoms with Crippen molar-refractivity contribution in [1.82, 2.24) is 19.2 Å². The van der Waals surface area contributed by atoms with Crippen LogP contribution < -0.4 is 5.73 Å². The highest BCUT2D eigenvalue weighted by Gasteiger charge is 2.51. The van der Waals surface area contributed by atoms with Gasteiger partial charge >= 0.3 is 14.5 Å². The van der Waals surface area contributed by atoms with Crippen LogP contribution in [-0.2, 0) is 39.2 Å². The molecule has 42 heavy (non-hydrogen) atoms. The Labute approximate surface area is 246 Å². The Bertz CT molecular complexity index is 1350. The van der Waals surface area contributed by atoms with Gasteiger partial charge in [0, 0.05) is 0 Å². The van der Waals surface area contributed by atoms with Gasteiger partial charge in [-0.3, -0.25) is 4.52 Å². The van der Waals surface area contributed by atoms with Crippen molar-refractivity contribution in [1.29, 1.82) is 0 Å². The quantitative estimate of drug-likeness (QED) is 0.118. The molecule has 0 amide bonds. The first-order valence-corrected chi connectivity index (χ1v) is 16.9. The molecule has 0 saturated carbocycles. The predicted octanol–water partition coefficient (Wildman–Crippen LogP) is -2.10. The summed E-state index contributed by atoms with van der Waals surface area (Å²) in [5, 5.41) is 49.9. The molecule has 0 radical (unpaired) electrons. The summed E-state index contributed by atoms with van der Waals surface area (Å²) in [5.74, 6) is 0.154. The van der Waals surface area contributed by atoms with Crippen LogP contribution in [0.5, 0.6) is 0 Å². The Kier molecular flexibility index (Phi) is 10.7. The molecule has 2 saturated heterocycles. The topological polar surface area (TPSA) is 273 Å². The van der Waals surface area contributed by atoms with E-state index in [1.165, 1.54) is 6.33 Å². The smallest absolute Gasteiger partial charge is 0.393 e. The van der Waals surface area contributed by atoms with Gasteiger partial charge in [-0.1, -0.05) is 0 Å². The predicted molar refractivity (Wildman–Crippen MR) is 144 cm³/mol. The molecule has 4 rings (SSSR count). The van der Waals surface area contributed by atoms with E-state index in [2.05, 4.69) is 23.2 Å². The van der Waals surface area contributed by atoms with E-state index >= 15 is 0 Å². The van der Waals surface area contributed by atoms with Crippen LogP contribution in [0, 0.1) is 0 Å². The lowest BCUT2D eigenvalue weighted by Crippen LogP contribution is -2.60. The zero-order valence-corrected chi connectivity index (χ0v) is 25.2. The highest BCUT2D eigenvalue weighted by atomic mass is 32.5. The molecule has 0 bridgehead atoms. The molecule has 2 aromatic rings. The number of aliphatic hydroxyl groups is 5. The lowest BCUT2D eigenvalue weighted by atomic mass is 9.96. The molecule has 7 unspecified atom stereocenters. The largest absolute Gasteiger partial charge is 0.481 e. The zero-order chi connectivity index (χ0) is 31.1. The van der Waals surface area contributed by atoms with Crippen molar-refractivity contribution in [2.75, 3.05) is 33.0 Å². The van der Waals surface area contributed by atoms with Gasteiger partial charge in [-0.15, -0.1) is 0 Å². The molecule has 0 spiro atoms. The van der Waals surface area contributed by atoms with Crippen LogP contribution in [0.3, 0.4) is 0 Å². The molecule has 9 N–H and O–H groups in total. The summed E-state index contributed by atoms with van der Waals surface area (Å²) in [7, 11) is -2.08. The van der Waals surface area contributed by atoms with Crippen LogP contribution in [-0.4, -0.2) is 137 Å². The third-order valence-electron chi connectivity index (χ3n) is 6.52. The van der Waals surface area contributed by atoms with Crippen LogP contribution in [0.15, 0.2) is 6.33 Å². The minimum Gasteiger partial charge on any atom is -0.393 e. The Morgan fingerprint density at radius 2 is 1.83 bits per heavy atom. The number of phosphoric acid groups is 1. The number of anilines is 1. The zero-order valence-electron chi connectivity index (χ0n) is 21.8. The van der Waals surface area contributed by atoms with Crippen molar-refractivity contribution < 1.29 is 67.1 Å². The van der Waals surface area contributed by atoms with Crippen LogP contribution in [0.2, 0.25) is 0 Å². The lowest BCUT2D eigenvalue weighted by Gasteiger charge is -2.41. The third kappa shape index (κ3) is 7.13. The lowest BCUT2D eigenvalue weighted by molar-refractivity contribution is -0.287. The Hall–Kier alpha value is -0.940. The number of ether oxygens (including phenoxy) is 2. The van der Waals surface area contributed by atoms with Crippen LogP contribution >= 0.6 is 26.1 Å². The summed E-state index contributed by atoms with van der Waals surface area (Å²) in [5.41, 5.74) is 6.63. The molecular formula is C19H30FN5O13P2S2. The molecule has 18 nitrogen and oxygen atoms in total. The number of nitrogens with zero attached hydrogens (tertiary/aromatic N) is 4. The number of nitrogen functional groups attached to an aromatic ring is 1. The van der Waals surface area contributed by atoms with Gasteiger partial charge in [0.2, 0.25) is 0 Å². The number of hydrogen-bond acceptors (Lipinski definition) is 18. The van der Waals surface area contributed by atoms with E-state index < -0.39 is 89.0 Å². The SMILES string of the molecule is CN(C)[C@@H]1[C@H](O)[C@@H](COP(O)(=S)OP(=O)(O)OC2OC([C@@H](F)CO)C(O)C(O)C2O)O[C@H]1c1snc2c(N)ncnc12. The summed E-state index contributed by atoms with van der Waals surface area (Å²) >= 11 is 5.83. The Morgan fingerprint density at radius 1 is 1.14 bits per heavy atom. The first-order chi connectivity index (χ1) is 19.6. The normalized spacial score (nSPS) is 35.7. The fourth-order valence-corrected chi connectivity index (χ4v) is 8.51. The maximum absolute atomic E-state index is 13.9. The highest BCUT2D eigenvalue weighted by molar-refractivity contribution is 8.08. The number of fused-ring (bicyclic) bond motifs is 1. The molecule has 0 aliphatic carbocycles. The molecule has 2 aliphatic rings. The summed E-state index contributed by atoms with van der Waals surface area (Å²) in [6.45, 7) is -6.41. The van der Waals surface area contributed by atoms with E-state index in [9.17, 15) is 39.2 Å². The summed E-state index contributed by atoms with van der Waals surface area (Å²) in [4.78, 5) is 30.9. The van der Waals surface area contributed by atoms with Gasteiger partial charge in [-0.25, -0.2) is 23.2 Å². The number of phosphoric ester groups is 1. The van der Waals surface area contributed by atoms with Crippen LogP contribution in [0.25, 0.3) is 11.0 Å². The first kappa shape index (κ1) is 33.9. The summed E-state index contributed by atoms with van der Waals surface area (Å²) in [6.07, 6.45) is -14.7. The summed E-state index contributed by atoms with van der Waals surface area (Å²) in [6, 6.07) is -0.666. The van der Waals surface area contributed by atoms with E-state index in [0.717, 1.165) is 11.5 Å². The van der Waals surface area contributed by atoms with Crippen LogP contribution in [0.1, 0.15) is 11.0 Å². The average Bonchev–Trinajstić information content (AvgIpc) is 3.48. The van der Waals surface area contributed by atoms with E-state index in [1.807, 2.05) is 0 Å². The van der Waals surface area contributed by atoms with Gasteiger partial charge in [0.25, 0.3) is 0 Å². The molecule has 2 fully saturated rings. The van der Waals surface area contributed by atoms with E-state index in [4.69, 9.17) is 36.6 Å². The second-order valence-corrected chi connectivity index (χ2v) is 14.8. The Morgan fingerprint density at radius 3 is 2.48 bits per heavy atom. The number of hydrogen-bond donors (Lipinski definition) is 8. The average molecular weight is 682 g/mol. The second kappa shape index (κ2) is 13.2. The molecular weight excluding hydrogens is 651 g/mol. The Balaban J connectivity index is 1.42. The van der Waals surface area contributed by atoms with Crippen molar-refractivity contribution >= 4 is 54.7 Å². The van der Waals surface area contributed by atoms with Crippen LogP contribution in [0.4, 0.5) is 10.2 Å². The van der Waals surface area contributed by atoms with Gasteiger partial charge in [0.1, 0.15) is 60.1 Å². The van der Waals surface area contributed by atoms with Gasteiger partial charge in [0.05, 0.1) is 24.1 Å². The molecule has 23 heteroatoms. The minimum absolute atomic E-state index is 0.154. The van der Waals surface area contributed by atoms with E-state index in [0.29, 0.717) is 15.9 Å². The second-order valence-electron chi connectivity index (χ2n) is 9.60. The molecule has 0 aromatic carbocycles. The third-order valence-corrected chi connectivity index (χ3v) is 10.9. The van der Waals surface area contributed by atoms with E-state index in [-0.39, 0.29) is 5.82 Å². The van der Waals surface area contributed by atoms with E-state index in [1.54, 1.807) is 19.0 Å². The fraction of sp³-hybridized carbons (Fsp3) is 0.737. The van der Waals surface area contributed by atoms with Crippen molar-refractivity contribution in [3.63, 3.8) is 0 Å². The van der Waals surface area contributed by atoms with Crippen molar-refractivity contribution in [2.45, 2.75) is 61.2 Å². The molecule has 12 atom stereocenters. The van der Waals surface area contributed by atoms with Gasteiger partial charge in [0.15, 0.2) is 18.3 Å². The van der Waals surface area contributed by atoms with Gasteiger partial charge < -0.3 is 60.0 Å². The number of halogens is 1. The number of nitrogens with two attached hydrogens (primary N) is 1. The molecule has 2 aliphatic heterocycles. The molecule has 238 valence electrons. The maximum Gasteiger partial charge on any atom is 0.481 e. The van der Waals surface area contributed by atoms with Crippen molar-refractivity contribution in [2.24, 2.45) is 0 Å². The monoisotopic (exact) mass is 681 g/mol. The number of likely N-dealkylation sites (N-methyl/N-ethyl adjacent to an activating group) is 1. The fourth-order valence-electron chi connectivity index (χ4n) is 4.50. The number of rotatable bonds is 11. The molecule has 4 heterocycles. The number of aromatic nitrogens is 3. The van der Waals surface area contributed by atoms with Crippen molar-refractivity contribution in [3.05, 3.63) is 11.2 Å². The first-order valence-electron chi connectivity index (χ1n) is 12.1. The van der Waals surface area contributed by atoms with Crippen molar-refractivity contribution in [3.8, 4) is 0 Å². The standard InChI is InChI=1S/C19H30FN5O13P2S2/c1-25(2)10-11(27)7(35-16(10)17-8-9(24-42-17)18(21)23-5-22-8)4-34-40(33,41)38-39(31,32)37-19-14(30)12(28)13(29)15(36-19)6(20)3-26/h5-7,10-16,19,26-30H,3-4H2,1-2H3,(H,31,32)(H,33,41)(H2,21,22,23)/t6-,7+,10+,11+,12?,13?,14?,15?,16+,19?,40?/m0/s1. The van der Waals surface area contributed by atoms with Gasteiger partial charge in [-0.05, 0) is 37.4 Å². The molecule has 2 aromatic heterocycles. The maximum atomic E-state index is 13.9. The summed E-state index contributed by atoms with van der Waals surface area (Å²) < 4.78 is 56.1. The number of aliphatic hydroxyl groups excluding tert-OH is 5. The minimum atomic E-state index is -5.46. The highest BCUT2D eigenvalue weighted by Crippen LogP contribution is 2.62. The van der Waals surface area contributed by atoms with Gasteiger partial charge in [-0.2, -0.15) is 4.37 Å².